The average molecular weight is 385 g/mol. The molecular formula is C21H24FN3O3. The SMILES string of the molecule is COc1cc(F)ccc1-c1ccccc1/C=N/NC[C@@H]1CNC[C@H](C(=O)O)C1. The number of hydrazone groups is 1. The second-order valence-electron chi connectivity index (χ2n) is 6.85. The standard InChI is InChI=1S/C21H24FN3O3/c1-28-20-9-17(22)6-7-19(20)18-5-3-2-4-15(18)13-25-24-11-14-8-16(21(26)27)12-23-10-14/h2-7,9,13-14,16,23-24H,8,10-12H2,1H3,(H,26,27)/b25-13+/t14-,16+/m0/s1. The van der Waals surface area contributed by atoms with Gasteiger partial charge in [-0.1, -0.05) is 24.3 Å². The number of piperidine rings is 1. The Morgan fingerprint density at radius 1 is 1.32 bits per heavy atom. The zero-order valence-corrected chi connectivity index (χ0v) is 15.7. The molecule has 3 N–H and O–H groups in total. The predicted molar refractivity (Wildman–Crippen MR) is 106 cm³/mol. The van der Waals surface area contributed by atoms with Gasteiger partial charge in [0.25, 0.3) is 0 Å². The highest BCUT2D eigenvalue weighted by atomic mass is 19.1. The number of benzene rings is 2. The van der Waals surface area contributed by atoms with Gasteiger partial charge in [0.2, 0.25) is 0 Å². The zero-order valence-electron chi connectivity index (χ0n) is 15.7. The Hall–Kier alpha value is -2.93. The summed E-state index contributed by atoms with van der Waals surface area (Å²) >= 11 is 0. The molecule has 0 amide bonds. The molecule has 3 rings (SSSR count). The Bertz CT molecular complexity index is 857. The van der Waals surface area contributed by atoms with Gasteiger partial charge in [0.1, 0.15) is 11.6 Å². The van der Waals surface area contributed by atoms with E-state index in [1.54, 1.807) is 12.3 Å². The van der Waals surface area contributed by atoms with Crippen LogP contribution in [-0.2, 0) is 4.79 Å². The van der Waals surface area contributed by atoms with Crippen molar-refractivity contribution in [3.8, 4) is 16.9 Å². The van der Waals surface area contributed by atoms with Crippen molar-refractivity contribution in [2.75, 3.05) is 26.7 Å². The molecule has 2 aromatic rings. The Balaban J connectivity index is 1.68. The number of hydrogen-bond acceptors (Lipinski definition) is 5. The van der Waals surface area contributed by atoms with E-state index >= 15 is 0 Å². The first-order valence-electron chi connectivity index (χ1n) is 9.21. The summed E-state index contributed by atoms with van der Waals surface area (Å²) in [5.41, 5.74) is 5.56. The van der Waals surface area contributed by atoms with Gasteiger partial charge in [0.05, 0.1) is 19.2 Å². The maximum atomic E-state index is 13.5. The molecule has 0 aliphatic carbocycles. The number of halogens is 1. The minimum atomic E-state index is -0.761. The molecule has 0 unspecified atom stereocenters. The second-order valence-corrected chi connectivity index (χ2v) is 6.85. The lowest BCUT2D eigenvalue weighted by atomic mass is 9.91. The molecular weight excluding hydrogens is 361 g/mol. The summed E-state index contributed by atoms with van der Waals surface area (Å²) in [4.78, 5) is 11.1. The smallest absolute Gasteiger partial charge is 0.307 e. The van der Waals surface area contributed by atoms with Gasteiger partial charge in [-0.25, -0.2) is 4.39 Å². The minimum absolute atomic E-state index is 0.208. The van der Waals surface area contributed by atoms with Crippen molar-refractivity contribution in [2.24, 2.45) is 16.9 Å². The lowest BCUT2D eigenvalue weighted by Crippen LogP contribution is -2.42. The molecule has 1 aliphatic heterocycles. The van der Waals surface area contributed by atoms with E-state index in [0.717, 1.165) is 23.2 Å². The van der Waals surface area contributed by atoms with Gasteiger partial charge in [-0.3, -0.25) is 4.79 Å². The van der Waals surface area contributed by atoms with Gasteiger partial charge >= 0.3 is 5.97 Å². The normalized spacial score (nSPS) is 19.5. The maximum Gasteiger partial charge on any atom is 0.307 e. The van der Waals surface area contributed by atoms with Crippen molar-refractivity contribution < 1.29 is 19.0 Å². The van der Waals surface area contributed by atoms with E-state index in [1.165, 1.54) is 19.2 Å². The molecule has 0 aromatic heterocycles. The summed E-state index contributed by atoms with van der Waals surface area (Å²) in [5, 5.41) is 16.6. The monoisotopic (exact) mass is 385 g/mol. The van der Waals surface area contributed by atoms with Crippen molar-refractivity contribution in [1.82, 2.24) is 10.7 Å². The highest BCUT2D eigenvalue weighted by molar-refractivity contribution is 5.91. The van der Waals surface area contributed by atoms with Crippen molar-refractivity contribution in [2.45, 2.75) is 6.42 Å². The molecule has 1 fully saturated rings. The van der Waals surface area contributed by atoms with E-state index < -0.39 is 5.97 Å². The van der Waals surface area contributed by atoms with E-state index in [0.29, 0.717) is 25.3 Å². The number of nitrogens with zero attached hydrogens (tertiary/aromatic N) is 1. The minimum Gasteiger partial charge on any atom is -0.496 e. The van der Waals surface area contributed by atoms with Crippen LogP contribution in [0.3, 0.4) is 0 Å². The number of nitrogens with one attached hydrogen (secondary N) is 2. The highest BCUT2D eigenvalue weighted by Crippen LogP contribution is 2.32. The molecule has 0 spiro atoms. The first-order valence-corrected chi connectivity index (χ1v) is 9.21. The van der Waals surface area contributed by atoms with Gasteiger partial charge in [-0.05, 0) is 36.6 Å². The molecule has 1 aliphatic rings. The van der Waals surface area contributed by atoms with Crippen LogP contribution in [0.25, 0.3) is 11.1 Å². The third-order valence-electron chi connectivity index (χ3n) is 4.88. The second kappa shape index (κ2) is 9.32. The zero-order chi connectivity index (χ0) is 19.9. The molecule has 2 atom stereocenters. The van der Waals surface area contributed by atoms with Gasteiger partial charge in [-0.2, -0.15) is 5.10 Å². The first-order chi connectivity index (χ1) is 13.6. The van der Waals surface area contributed by atoms with E-state index in [4.69, 9.17) is 9.84 Å². The molecule has 0 saturated carbocycles. The summed E-state index contributed by atoms with van der Waals surface area (Å²) in [6.07, 6.45) is 2.34. The maximum absolute atomic E-state index is 13.5. The number of rotatable bonds is 7. The molecule has 2 aromatic carbocycles. The summed E-state index contributed by atoms with van der Waals surface area (Å²) < 4.78 is 18.8. The van der Waals surface area contributed by atoms with E-state index in [1.807, 2.05) is 24.3 Å². The summed E-state index contributed by atoms with van der Waals surface area (Å²) in [5.74, 6) is -0.797. The molecule has 6 nitrogen and oxygen atoms in total. The van der Waals surface area contributed by atoms with Crippen molar-refractivity contribution in [3.63, 3.8) is 0 Å². The average Bonchev–Trinajstić information content (AvgIpc) is 2.71. The number of methoxy groups -OCH3 is 1. The van der Waals surface area contributed by atoms with Crippen LogP contribution in [0, 0.1) is 17.7 Å². The molecule has 1 heterocycles. The third kappa shape index (κ3) is 4.86. The lowest BCUT2D eigenvalue weighted by molar-refractivity contribution is -0.142. The van der Waals surface area contributed by atoms with Gasteiger partial charge in [0, 0.05) is 30.3 Å². The molecule has 148 valence electrons. The van der Waals surface area contributed by atoms with Crippen LogP contribution >= 0.6 is 0 Å². The quantitative estimate of drug-likeness (QED) is 0.504. The fraction of sp³-hybridized carbons (Fsp3) is 0.333. The van der Waals surface area contributed by atoms with E-state index in [-0.39, 0.29) is 17.7 Å². The first kappa shape index (κ1) is 19.8. The van der Waals surface area contributed by atoms with Crippen molar-refractivity contribution in [1.29, 1.82) is 0 Å². The van der Waals surface area contributed by atoms with Crippen LogP contribution in [0.1, 0.15) is 12.0 Å². The predicted octanol–water partition coefficient (Wildman–Crippen LogP) is 2.74. The van der Waals surface area contributed by atoms with E-state index in [9.17, 15) is 9.18 Å². The number of ether oxygens (including phenoxy) is 1. The van der Waals surface area contributed by atoms with Gasteiger partial charge in [-0.15, -0.1) is 0 Å². The fourth-order valence-corrected chi connectivity index (χ4v) is 3.41. The third-order valence-corrected chi connectivity index (χ3v) is 4.88. The van der Waals surface area contributed by atoms with Crippen LogP contribution in [0.2, 0.25) is 0 Å². The lowest BCUT2D eigenvalue weighted by Gasteiger charge is -2.27. The van der Waals surface area contributed by atoms with Gasteiger partial charge < -0.3 is 20.6 Å². The summed E-state index contributed by atoms with van der Waals surface area (Å²) in [7, 11) is 1.51. The van der Waals surface area contributed by atoms with Crippen LogP contribution in [-0.4, -0.2) is 44.0 Å². The van der Waals surface area contributed by atoms with Crippen molar-refractivity contribution >= 4 is 12.2 Å². The fourth-order valence-electron chi connectivity index (χ4n) is 3.41. The largest absolute Gasteiger partial charge is 0.496 e. The number of carbonyl (C=O) groups is 1. The molecule has 7 heteroatoms. The Morgan fingerprint density at radius 3 is 2.93 bits per heavy atom. The molecule has 0 bridgehead atoms. The molecule has 0 radical (unpaired) electrons. The highest BCUT2D eigenvalue weighted by Gasteiger charge is 2.26. The molecule has 28 heavy (non-hydrogen) atoms. The summed E-state index contributed by atoms with van der Waals surface area (Å²) in [6, 6.07) is 12.1. The number of carboxylic acid groups (broad SMARTS) is 1. The van der Waals surface area contributed by atoms with Crippen LogP contribution in [0.4, 0.5) is 4.39 Å². The van der Waals surface area contributed by atoms with Crippen LogP contribution in [0.5, 0.6) is 5.75 Å². The Kier molecular flexibility index (Phi) is 6.60. The summed E-state index contributed by atoms with van der Waals surface area (Å²) in [6.45, 7) is 1.88. The number of carboxylic acids is 1. The van der Waals surface area contributed by atoms with Gasteiger partial charge in [0.15, 0.2) is 0 Å². The number of aliphatic carboxylic acids is 1. The van der Waals surface area contributed by atoms with Crippen molar-refractivity contribution in [3.05, 3.63) is 53.8 Å². The Labute approximate surface area is 163 Å². The molecule has 1 saturated heterocycles. The number of hydrogen-bond donors (Lipinski definition) is 3. The van der Waals surface area contributed by atoms with E-state index in [2.05, 4.69) is 15.8 Å². The van der Waals surface area contributed by atoms with Crippen LogP contribution in [0.15, 0.2) is 47.6 Å². The topological polar surface area (TPSA) is 83.0 Å². The Morgan fingerprint density at radius 2 is 2.14 bits per heavy atom. The van der Waals surface area contributed by atoms with Crippen LogP contribution < -0.4 is 15.5 Å².